The van der Waals surface area contributed by atoms with E-state index in [1.807, 2.05) is 18.2 Å². The lowest BCUT2D eigenvalue weighted by atomic mass is 10.0. The lowest BCUT2D eigenvalue weighted by molar-refractivity contribution is 0.0953. The van der Waals surface area contributed by atoms with Gasteiger partial charge in [0, 0.05) is 16.1 Å². The Labute approximate surface area is 114 Å². The number of benzene rings is 2. The summed E-state index contributed by atoms with van der Waals surface area (Å²) in [5.41, 5.74) is 1.26. The van der Waals surface area contributed by atoms with Gasteiger partial charge in [-0.05, 0) is 30.3 Å². The van der Waals surface area contributed by atoms with Crippen LogP contribution in [-0.4, -0.2) is 11.9 Å². The number of halogens is 2. The van der Waals surface area contributed by atoms with Crippen molar-refractivity contribution in [2.24, 2.45) is 0 Å². The molecule has 0 aliphatic carbocycles. The largest absolute Gasteiger partial charge is 0.356 e. The molecule has 1 aliphatic rings. The predicted molar refractivity (Wildman–Crippen MR) is 69.8 cm³/mol. The SMILES string of the molecule is O=C(c1ccc(F)cc1)[C@@H]1O[C@@H]1c1ccccc1Cl. The first kappa shape index (κ1) is 12.3. The zero-order valence-electron chi connectivity index (χ0n) is 9.85. The van der Waals surface area contributed by atoms with E-state index in [-0.39, 0.29) is 17.7 Å². The fourth-order valence-corrected chi connectivity index (χ4v) is 2.28. The van der Waals surface area contributed by atoms with E-state index in [9.17, 15) is 9.18 Å². The van der Waals surface area contributed by atoms with Crippen LogP contribution in [0.15, 0.2) is 48.5 Å². The summed E-state index contributed by atoms with van der Waals surface area (Å²) >= 11 is 6.06. The molecular weight excluding hydrogens is 267 g/mol. The standard InChI is InChI=1S/C15H10ClFO2/c16-12-4-2-1-3-11(12)14-15(19-14)13(18)9-5-7-10(17)8-6-9/h1-8,14-15H/t14-,15+/m1/s1. The lowest BCUT2D eigenvalue weighted by Crippen LogP contribution is -2.08. The van der Waals surface area contributed by atoms with E-state index in [1.165, 1.54) is 24.3 Å². The van der Waals surface area contributed by atoms with Gasteiger partial charge in [-0.15, -0.1) is 0 Å². The van der Waals surface area contributed by atoms with Gasteiger partial charge in [0.1, 0.15) is 11.9 Å². The van der Waals surface area contributed by atoms with E-state index in [0.29, 0.717) is 10.6 Å². The molecule has 0 aromatic heterocycles. The van der Waals surface area contributed by atoms with Gasteiger partial charge in [0.2, 0.25) is 0 Å². The van der Waals surface area contributed by atoms with Gasteiger partial charge in [0.05, 0.1) is 0 Å². The molecule has 0 amide bonds. The highest BCUT2D eigenvalue weighted by atomic mass is 35.5. The zero-order valence-corrected chi connectivity index (χ0v) is 10.6. The number of hydrogen-bond acceptors (Lipinski definition) is 2. The fourth-order valence-electron chi connectivity index (χ4n) is 2.03. The van der Waals surface area contributed by atoms with Crippen molar-refractivity contribution < 1.29 is 13.9 Å². The van der Waals surface area contributed by atoms with Crippen molar-refractivity contribution in [3.63, 3.8) is 0 Å². The Bertz CT molecular complexity index is 624. The number of hydrogen-bond donors (Lipinski definition) is 0. The van der Waals surface area contributed by atoms with E-state index in [1.54, 1.807) is 6.07 Å². The minimum absolute atomic E-state index is 0.148. The van der Waals surface area contributed by atoms with Crippen molar-refractivity contribution in [1.82, 2.24) is 0 Å². The third kappa shape index (κ3) is 2.39. The second kappa shape index (κ2) is 4.76. The summed E-state index contributed by atoms with van der Waals surface area (Å²) in [6.45, 7) is 0. The van der Waals surface area contributed by atoms with E-state index in [2.05, 4.69) is 0 Å². The molecule has 4 heteroatoms. The van der Waals surface area contributed by atoms with Crippen molar-refractivity contribution in [1.29, 1.82) is 0 Å². The molecule has 0 saturated carbocycles. The van der Waals surface area contributed by atoms with Crippen LogP contribution in [0.3, 0.4) is 0 Å². The van der Waals surface area contributed by atoms with E-state index in [4.69, 9.17) is 16.3 Å². The highest BCUT2D eigenvalue weighted by Gasteiger charge is 2.46. The van der Waals surface area contributed by atoms with Crippen molar-refractivity contribution in [3.05, 3.63) is 70.5 Å². The molecule has 2 aromatic carbocycles. The van der Waals surface area contributed by atoms with Gasteiger partial charge >= 0.3 is 0 Å². The summed E-state index contributed by atoms with van der Waals surface area (Å²) < 4.78 is 18.2. The van der Waals surface area contributed by atoms with Crippen LogP contribution in [0, 0.1) is 5.82 Å². The number of Topliss-reactive ketones (excluding diaryl/α,β-unsaturated/α-hetero) is 1. The smallest absolute Gasteiger partial charge is 0.194 e. The molecule has 3 rings (SSSR count). The first-order chi connectivity index (χ1) is 9.16. The van der Waals surface area contributed by atoms with E-state index in [0.717, 1.165) is 5.56 Å². The first-order valence-electron chi connectivity index (χ1n) is 5.86. The average Bonchev–Trinajstić information content (AvgIpc) is 3.19. The van der Waals surface area contributed by atoms with Crippen LogP contribution in [0.2, 0.25) is 5.02 Å². The molecule has 0 bridgehead atoms. The summed E-state index contributed by atoms with van der Waals surface area (Å²) in [4.78, 5) is 12.1. The van der Waals surface area contributed by atoms with Crippen LogP contribution in [0.1, 0.15) is 22.0 Å². The molecule has 0 spiro atoms. The molecule has 19 heavy (non-hydrogen) atoms. The summed E-state index contributed by atoms with van der Waals surface area (Å²) in [6.07, 6.45) is -0.823. The van der Waals surface area contributed by atoms with Crippen LogP contribution >= 0.6 is 11.6 Å². The molecule has 2 aromatic rings. The van der Waals surface area contributed by atoms with Crippen molar-refractivity contribution in [2.45, 2.75) is 12.2 Å². The molecule has 0 unspecified atom stereocenters. The summed E-state index contributed by atoms with van der Waals surface area (Å²) in [5.74, 6) is -0.513. The molecule has 0 N–H and O–H groups in total. The number of rotatable bonds is 3. The maximum Gasteiger partial charge on any atom is 0.194 e. The van der Waals surface area contributed by atoms with Gasteiger partial charge < -0.3 is 4.74 Å². The topological polar surface area (TPSA) is 29.6 Å². The Morgan fingerprint density at radius 1 is 1.11 bits per heavy atom. The number of carbonyl (C=O) groups is 1. The minimum atomic E-state index is -0.523. The number of ketones is 1. The zero-order chi connectivity index (χ0) is 13.4. The van der Waals surface area contributed by atoms with Crippen LogP contribution in [0.5, 0.6) is 0 Å². The van der Waals surface area contributed by atoms with Gasteiger partial charge in [-0.1, -0.05) is 29.8 Å². The second-order valence-corrected chi connectivity index (χ2v) is 4.78. The molecule has 2 atom stereocenters. The Morgan fingerprint density at radius 3 is 2.47 bits per heavy atom. The molecule has 0 radical (unpaired) electrons. The van der Waals surface area contributed by atoms with E-state index >= 15 is 0 Å². The van der Waals surface area contributed by atoms with Crippen molar-refractivity contribution in [3.8, 4) is 0 Å². The van der Waals surface area contributed by atoms with Gasteiger partial charge in [0.15, 0.2) is 11.9 Å². The van der Waals surface area contributed by atoms with E-state index < -0.39 is 6.10 Å². The predicted octanol–water partition coefficient (Wildman–Crippen LogP) is 3.80. The number of epoxide rings is 1. The van der Waals surface area contributed by atoms with Crippen LogP contribution in [0.4, 0.5) is 4.39 Å². The van der Waals surface area contributed by atoms with Gasteiger partial charge in [0.25, 0.3) is 0 Å². The van der Waals surface area contributed by atoms with Crippen LogP contribution in [0.25, 0.3) is 0 Å². The third-order valence-corrected chi connectivity index (χ3v) is 3.43. The molecule has 2 nitrogen and oxygen atoms in total. The molecule has 1 aliphatic heterocycles. The first-order valence-corrected chi connectivity index (χ1v) is 6.24. The second-order valence-electron chi connectivity index (χ2n) is 4.37. The van der Waals surface area contributed by atoms with Crippen LogP contribution in [-0.2, 0) is 4.74 Å². The highest BCUT2D eigenvalue weighted by molar-refractivity contribution is 6.31. The van der Waals surface area contributed by atoms with Gasteiger partial charge in [-0.2, -0.15) is 0 Å². The average molecular weight is 277 g/mol. The Hall–Kier alpha value is -1.71. The van der Waals surface area contributed by atoms with Gasteiger partial charge in [-0.25, -0.2) is 4.39 Å². The minimum Gasteiger partial charge on any atom is -0.356 e. The summed E-state index contributed by atoms with van der Waals surface area (Å²) in [7, 11) is 0. The Balaban J connectivity index is 1.78. The number of ether oxygens (including phenoxy) is 1. The van der Waals surface area contributed by atoms with Gasteiger partial charge in [-0.3, -0.25) is 4.79 Å². The summed E-state index contributed by atoms with van der Waals surface area (Å²) in [6, 6.07) is 12.7. The van der Waals surface area contributed by atoms with Crippen LogP contribution < -0.4 is 0 Å². The molecular formula is C15H10ClFO2. The molecule has 1 heterocycles. The maximum absolute atomic E-state index is 12.8. The molecule has 96 valence electrons. The molecule has 1 saturated heterocycles. The highest BCUT2D eigenvalue weighted by Crippen LogP contribution is 2.43. The Morgan fingerprint density at radius 2 is 1.79 bits per heavy atom. The summed E-state index contributed by atoms with van der Waals surface area (Å²) in [5, 5.41) is 0.585. The Kier molecular flexibility index (Phi) is 3.09. The fraction of sp³-hybridized carbons (Fsp3) is 0.133. The quantitative estimate of drug-likeness (QED) is 0.630. The van der Waals surface area contributed by atoms with Crippen molar-refractivity contribution >= 4 is 17.4 Å². The third-order valence-electron chi connectivity index (χ3n) is 3.09. The maximum atomic E-state index is 12.8. The number of carbonyl (C=O) groups excluding carboxylic acids is 1. The normalized spacial score (nSPS) is 21.2. The monoisotopic (exact) mass is 276 g/mol. The molecule has 1 fully saturated rings. The van der Waals surface area contributed by atoms with Crippen molar-refractivity contribution in [2.75, 3.05) is 0 Å². The lowest BCUT2D eigenvalue weighted by Gasteiger charge is -1.99.